The van der Waals surface area contributed by atoms with E-state index in [1.54, 1.807) is 0 Å². The van der Waals surface area contributed by atoms with Gasteiger partial charge in [0.1, 0.15) is 37.1 Å². The van der Waals surface area contributed by atoms with Gasteiger partial charge >= 0.3 is 65.7 Å². The SMILES string of the molecule is O=C1CC(CCC[SiH3])CO1.O=C1CC(CC[SiH3])CO1.O=C1CC(C[SiH3])CO1.O=C1CC2(CO1)CC1OC2CC1OCCC[SiH3].O=C1CCC(CCC[SiH3])O1.O=C1CCC(CC[SiH3])O1.O=C1OC2C(OCCC[SiH3])C3CC1C2O3.O=C1OC2C3CC(CC13)C2OCCC[SiH3].O=C1OCCC12CC1OC2CC1OCCC[SiH3].O=C1OCCC1CCC[SiH3].O=C1OCCC1CC[SiH3]. The number of fused-ring (bicyclic) bond motifs is 8. The van der Waals surface area contributed by atoms with Crippen molar-refractivity contribution in [2.75, 3.05) is 72.7 Å². The maximum atomic E-state index is 11.8. The number of esters is 11. The van der Waals surface area contributed by atoms with E-state index in [2.05, 4.69) is 0 Å². The molecule has 40 heteroatoms. The van der Waals surface area contributed by atoms with E-state index in [1.807, 2.05) is 0 Å². The highest BCUT2D eigenvalue weighted by Gasteiger charge is 2.66. The molecule has 19 aliphatic rings. The summed E-state index contributed by atoms with van der Waals surface area (Å²) in [5.74, 6) is 3.38. The highest BCUT2D eigenvalue weighted by Crippen LogP contribution is 2.57. The number of hydrogen-bond acceptors (Lipinski definition) is 29. The summed E-state index contributed by atoms with van der Waals surface area (Å²) >= 11 is 0. The zero-order valence-electron chi connectivity index (χ0n) is 80.1. The van der Waals surface area contributed by atoms with Gasteiger partial charge in [-0.05, 0) is 128 Å². The monoisotopic (exact) mass is 2000 g/mol. The molecule has 8 bridgehead atoms. The second-order valence-electron chi connectivity index (χ2n) is 38.7. The van der Waals surface area contributed by atoms with Crippen molar-refractivity contribution in [2.45, 2.75) is 351 Å². The summed E-state index contributed by atoms with van der Waals surface area (Å²) in [4.78, 5) is 120. The van der Waals surface area contributed by atoms with Gasteiger partial charge in [0, 0.05) is 200 Å². The highest BCUT2D eigenvalue weighted by atomic mass is 28.2. The lowest BCUT2D eigenvalue weighted by atomic mass is 9.72. The predicted octanol–water partition coefficient (Wildman–Crippen LogP) is -1.41. The molecule has 25 unspecified atom stereocenters. The number of hydrogen-bond donors (Lipinski definition) is 0. The Hall–Kier alpha value is -3.72. The van der Waals surface area contributed by atoms with Crippen molar-refractivity contribution in [3.05, 3.63) is 0 Å². The summed E-state index contributed by atoms with van der Waals surface area (Å²) in [5.41, 5.74) is -0.332. The van der Waals surface area contributed by atoms with Crippen LogP contribution in [0, 0.1) is 64.1 Å². The van der Waals surface area contributed by atoms with Crippen molar-refractivity contribution < 1.29 is 138 Å². The molecular weight excluding hydrogens is 1840 g/mol. The molecule has 736 valence electrons. The van der Waals surface area contributed by atoms with Crippen molar-refractivity contribution in [3.63, 3.8) is 0 Å². The standard InChI is InChI=1S/2C12H20O4Si.C11H18O3Si.C10H16O4Si.3C7H14O2Si.3C6H12O2Si.C5H10O2Si/c13-11-12(2-4-15-11)7-9-8(6-10(12)16-9)14-3-1-5-17;13-11-6-12(7-15-11)5-9-8(4-10(12)16-9)14-2-1-3-17;12-11-8-5-6-4-7(8)10(14-11)9(6)13-2-1-3-15;11-10-5-4-6-8(12-2-1-3-15)9(14-10)7(5)13-6;8-7-6(2-1-5-10)3-4-9-7;8-7-4-3-6(9-7)2-1-5-10;8-7-4-6(5-9-7)2-1-3-10;7-6-5(2-4-9)1-3-8-6;7-6-3-5(1-2-9)4-8-6;7-6-2-1-5(8-6)3-4-9;6-5-1-4(3-8)2-7-5/h2*8-10H,1-7H2,17H3;6-10H,1-5H2,15H3;5-9H,1-4H2,15H3;3*6H,1-5H2,10H3;3*5H,1-4H2,9H3;4H,1-3H2,8H3. The van der Waals surface area contributed by atoms with Gasteiger partial charge in [-0.25, -0.2) is 0 Å². The van der Waals surface area contributed by atoms with Crippen LogP contribution >= 0.6 is 0 Å². The van der Waals surface area contributed by atoms with Crippen LogP contribution in [0.5, 0.6) is 0 Å². The summed E-state index contributed by atoms with van der Waals surface area (Å²) in [6.45, 7) is 7.83. The Morgan fingerprint density at radius 1 is 0.357 bits per heavy atom. The maximum absolute atomic E-state index is 11.8. The first-order valence-electron chi connectivity index (χ1n) is 50.8. The highest BCUT2D eigenvalue weighted by molar-refractivity contribution is 6.10. The fourth-order valence-corrected chi connectivity index (χ4v) is 26.0. The molecule has 0 N–H and O–H groups in total. The van der Waals surface area contributed by atoms with Crippen LogP contribution in [-0.2, 0) is 138 Å². The molecule has 0 aromatic carbocycles. The van der Waals surface area contributed by atoms with Gasteiger partial charge in [0.15, 0.2) is 6.10 Å². The topological polar surface area (TPSA) is 354 Å². The first-order chi connectivity index (χ1) is 62.4. The van der Waals surface area contributed by atoms with E-state index >= 15 is 0 Å². The second kappa shape index (κ2) is 57.5. The molecule has 0 amide bonds. The van der Waals surface area contributed by atoms with Crippen molar-refractivity contribution in [2.24, 2.45) is 64.1 Å². The molecule has 19 fully saturated rings. The molecular formula is C89H162O29Si11. The molecule has 25 atom stereocenters. The van der Waals surface area contributed by atoms with Crippen LogP contribution in [0.25, 0.3) is 0 Å². The Labute approximate surface area is 799 Å². The van der Waals surface area contributed by atoms with E-state index in [0.717, 1.165) is 142 Å². The quantitative estimate of drug-likeness (QED) is 0.0323. The predicted molar refractivity (Wildman–Crippen MR) is 523 cm³/mol. The van der Waals surface area contributed by atoms with E-state index in [0.29, 0.717) is 114 Å². The third-order valence-corrected chi connectivity index (χ3v) is 36.5. The molecule has 129 heavy (non-hydrogen) atoms. The Bertz CT molecular complexity index is 3380. The smallest absolute Gasteiger partial charge is 0.314 e. The van der Waals surface area contributed by atoms with Gasteiger partial charge in [-0.15, -0.1) is 0 Å². The Morgan fingerprint density at radius 2 is 0.853 bits per heavy atom. The number of carbonyl (C=O) groups is 11. The van der Waals surface area contributed by atoms with Crippen molar-refractivity contribution in [3.8, 4) is 0 Å². The molecule has 17 heterocycles. The van der Waals surface area contributed by atoms with Crippen molar-refractivity contribution in [1.29, 1.82) is 0 Å². The van der Waals surface area contributed by atoms with Gasteiger partial charge in [0.2, 0.25) is 0 Å². The van der Waals surface area contributed by atoms with Gasteiger partial charge in [-0.3, -0.25) is 52.7 Å². The van der Waals surface area contributed by atoms with Crippen LogP contribution < -0.4 is 0 Å². The number of ether oxygens (including phenoxy) is 18. The summed E-state index contributed by atoms with van der Waals surface area (Å²) in [5, 5.41) is 0. The lowest BCUT2D eigenvalue weighted by molar-refractivity contribution is -0.149. The van der Waals surface area contributed by atoms with Crippen molar-refractivity contribution in [1.82, 2.24) is 0 Å². The minimum Gasteiger partial charge on any atom is -0.465 e. The second-order valence-corrected chi connectivity index (χ2v) is 49.5. The van der Waals surface area contributed by atoms with Crippen LogP contribution in [0.2, 0.25) is 66.5 Å². The Morgan fingerprint density at radius 3 is 1.31 bits per heavy atom. The molecule has 0 radical (unpaired) electrons. The van der Waals surface area contributed by atoms with Gasteiger partial charge in [-0.2, -0.15) is 0 Å². The summed E-state index contributed by atoms with van der Waals surface area (Å²) in [6, 6.07) is 14.1. The lowest BCUT2D eigenvalue weighted by Crippen LogP contribution is -2.41. The fourth-order valence-electron chi connectivity index (χ4n) is 20.9. The van der Waals surface area contributed by atoms with E-state index in [4.69, 9.17) is 85.3 Å². The maximum Gasteiger partial charge on any atom is 0.314 e. The molecule has 2 saturated carbocycles. The van der Waals surface area contributed by atoms with E-state index < -0.39 is 0 Å². The number of rotatable bonds is 32. The Balaban J connectivity index is 0.000000162. The molecule has 2 spiro atoms. The zero-order chi connectivity index (χ0) is 92.8. The average Bonchev–Trinajstić information content (AvgIpc) is 1.59. The van der Waals surface area contributed by atoms with Crippen LogP contribution in [0.15, 0.2) is 0 Å². The van der Waals surface area contributed by atoms with Crippen LogP contribution in [0.3, 0.4) is 0 Å². The molecule has 19 rings (SSSR count). The van der Waals surface area contributed by atoms with Crippen LogP contribution in [0.4, 0.5) is 0 Å². The summed E-state index contributed by atoms with van der Waals surface area (Å²) in [6.07, 6.45) is 32.0. The van der Waals surface area contributed by atoms with Gasteiger partial charge in [0.25, 0.3) is 0 Å². The lowest BCUT2D eigenvalue weighted by Gasteiger charge is -2.31. The largest absolute Gasteiger partial charge is 0.465 e. The number of carbonyl (C=O) groups excluding carboxylic acids is 11. The molecule has 29 nitrogen and oxygen atoms in total. The first kappa shape index (κ1) is 109. The molecule has 17 saturated heterocycles. The Kier molecular flexibility index (Phi) is 48.5. The third kappa shape index (κ3) is 32.7. The number of cyclic esters (lactones) is 9. The molecule has 2 aliphatic carbocycles. The van der Waals surface area contributed by atoms with E-state index in [9.17, 15) is 52.7 Å². The van der Waals surface area contributed by atoms with E-state index in [1.165, 1.54) is 224 Å². The van der Waals surface area contributed by atoms with Crippen LogP contribution in [0.1, 0.15) is 199 Å². The molecule has 17 aliphatic heterocycles. The fraction of sp³-hybridized carbons (Fsp3) is 0.876. The van der Waals surface area contributed by atoms with Crippen molar-refractivity contribution >= 4 is 178 Å². The van der Waals surface area contributed by atoms with E-state index in [-0.39, 0.29) is 186 Å². The summed E-state index contributed by atoms with van der Waals surface area (Å²) in [7, 11) is 13.7. The first-order valence-corrected chi connectivity index (χ1v) is 66.3. The zero-order valence-corrected chi connectivity index (χ0v) is 102. The molecule has 0 aromatic rings. The van der Waals surface area contributed by atoms with Gasteiger partial charge in [0.05, 0.1) is 143 Å². The average molecular weight is 2010 g/mol. The normalized spacial score (nSPS) is 35.5. The molecule has 0 aromatic heterocycles. The minimum absolute atomic E-state index is 0.00145. The van der Waals surface area contributed by atoms with Gasteiger partial charge < -0.3 is 85.3 Å². The van der Waals surface area contributed by atoms with Crippen LogP contribution in [-0.4, -0.2) is 336 Å². The third-order valence-electron chi connectivity index (χ3n) is 28.7. The van der Waals surface area contributed by atoms with Gasteiger partial charge in [-0.1, -0.05) is 85.7 Å². The summed E-state index contributed by atoms with van der Waals surface area (Å²) < 4.78 is 96.0. The minimum atomic E-state index is -0.317.